The minimum atomic E-state index is -1.33. The number of fused-ring (bicyclic) bond motifs is 1. The molecule has 1 aliphatic rings. The van der Waals surface area contributed by atoms with E-state index in [1.807, 2.05) is 0 Å². The van der Waals surface area contributed by atoms with Crippen LogP contribution in [0.2, 0.25) is 0 Å². The molecule has 76 valence electrons. The lowest BCUT2D eigenvalue weighted by Crippen LogP contribution is -2.41. The molecule has 0 bridgehead atoms. The molecule has 0 radical (unpaired) electrons. The second-order valence-corrected chi connectivity index (χ2v) is 3.50. The Labute approximate surface area is 81.1 Å². The molecule has 4 atom stereocenters. The first-order chi connectivity index (χ1) is 6.63. The fraction of sp³-hybridized carbons (Fsp3) is 0.400. The SMILES string of the molecule is OC1c2ccccc2C(O)C(O)C1O. The Balaban J connectivity index is 2.51. The molecule has 0 aliphatic heterocycles. The van der Waals surface area contributed by atoms with Gasteiger partial charge in [0.25, 0.3) is 0 Å². The molecule has 2 rings (SSSR count). The summed E-state index contributed by atoms with van der Waals surface area (Å²) in [7, 11) is 0. The monoisotopic (exact) mass is 196 g/mol. The Morgan fingerprint density at radius 1 is 0.714 bits per heavy atom. The number of hydrogen-bond acceptors (Lipinski definition) is 4. The third kappa shape index (κ3) is 1.24. The van der Waals surface area contributed by atoms with Crippen molar-refractivity contribution in [3.8, 4) is 0 Å². The van der Waals surface area contributed by atoms with Crippen LogP contribution in [0.1, 0.15) is 23.3 Å². The van der Waals surface area contributed by atoms with Crippen molar-refractivity contribution in [3.05, 3.63) is 35.4 Å². The average molecular weight is 196 g/mol. The van der Waals surface area contributed by atoms with E-state index in [0.717, 1.165) is 0 Å². The van der Waals surface area contributed by atoms with Crippen LogP contribution < -0.4 is 0 Å². The molecule has 4 N–H and O–H groups in total. The molecule has 0 amide bonds. The van der Waals surface area contributed by atoms with Crippen molar-refractivity contribution in [1.29, 1.82) is 0 Å². The number of benzene rings is 1. The van der Waals surface area contributed by atoms with Gasteiger partial charge < -0.3 is 20.4 Å². The van der Waals surface area contributed by atoms with Crippen molar-refractivity contribution in [2.45, 2.75) is 24.4 Å². The van der Waals surface area contributed by atoms with Crippen LogP contribution in [-0.2, 0) is 0 Å². The van der Waals surface area contributed by atoms with E-state index in [4.69, 9.17) is 0 Å². The van der Waals surface area contributed by atoms with Gasteiger partial charge in [-0.2, -0.15) is 0 Å². The average Bonchev–Trinajstić information content (AvgIpc) is 2.23. The summed E-state index contributed by atoms with van der Waals surface area (Å²) in [5, 5.41) is 38.0. The summed E-state index contributed by atoms with van der Waals surface area (Å²) >= 11 is 0. The predicted molar refractivity (Wildman–Crippen MR) is 48.4 cm³/mol. The van der Waals surface area contributed by atoms with Gasteiger partial charge in [-0.1, -0.05) is 24.3 Å². The van der Waals surface area contributed by atoms with E-state index in [9.17, 15) is 20.4 Å². The van der Waals surface area contributed by atoms with Gasteiger partial charge in [0.1, 0.15) is 24.4 Å². The fourth-order valence-electron chi connectivity index (χ4n) is 1.79. The van der Waals surface area contributed by atoms with Gasteiger partial charge in [0.05, 0.1) is 0 Å². The van der Waals surface area contributed by atoms with Gasteiger partial charge in [-0.25, -0.2) is 0 Å². The normalized spacial score (nSPS) is 36.6. The van der Waals surface area contributed by atoms with E-state index in [0.29, 0.717) is 11.1 Å². The summed E-state index contributed by atoms with van der Waals surface area (Å²) in [5.74, 6) is 0. The smallest absolute Gasteiger partial charge is 0.113 e. The van der Waals surface area contributed by atoms with Crippen molar-refractivity contribution < 1.29 is 20.4 Å². The van der Waals surface area contributed by atoms with Gasteiger partial charge in [0.15, 0.2) is 0 Å². The number of rotatable bonds is 0. The minimum absolute atomic E-state index is 0.470. The van der Waals surface area contributed by atoms with Gasteiger partial charge in [-0.05, 0) is 11.1 Å². The van der Waals surface area contributed by atoms with E-state index in [2.05, 4.69) is 0 Å². The van der Waals surface area contributed by atoms with Crippen LogP contribution in [0.15, 0.2) is 24.3 Å². The largest absolute Gasteiger partial charge is 0.387 e. The molecule has 1 aliphatic carbocycles. The van der Waals surface area contributed by atoms with Crippen LogP contribution in [0.3, 0.4) is 0 Å². The van der Waals surface area contributed by atoms with E-state index >= 15 is 0 Å². The van der Waals surface area contributed by atoms with Crippen molar-refractivity contribution in [1.82, 2.24) is 0 Å². The first-order valence-corrected chi connectivity index (χ1v) is 4.44. The molecule has 0 saturated carbocycles. The summed E-state index contributed by atoms with van der Waals surface area (Å²) in [6, 6.07) is 6.66. The standard InChI is InChI=1S/C10H12O4/c11-7-5-3-1-2-4-6(5)8(12)10(14)9(7)13/h1-4,7-14H. The molecule has 4 nitrogen and oxygen atoms in total. The maximum Gasteiger partial charge on any atom is 0.113 e. The summed E-state index contributed by atoms with van der Waals surface area (Å²) in [5.41, 5.74) is 0.940. The molecule has 4 heteroatoms. The highest BCUT2D eigenvalue weighted by Crippen LogP contribution is 2.36. The fourth-order valence-corrected chi connectivity index (χ4v) is 1.79. The molecule has 1 aromatic rings. The van der Waals surface area contributed by atoms with Crippen LogP contribution in [0.25, 0.3) is 0 Å². The first kappa shape index (κ1) is 9.61. The van der Waals surface area contributed by atoms with Crippen molar-refractivity contribution in [2.24, 2.45) is 0 Å². The molecule has 0 saturated heterocycles. The number of hydrogen-bond donors (Lipinski definition) is 4. The molecule has 14 heavy (non-hydrogen) atoms. The zero-order valence-electron chi connectivity index (χ0n) is 7.41. The van der Waals surface area contributed by atoms with E-state index in [1.165, 1.54) is 0 Å². The second-order valence-electron chi connectivity index (χ2n) is 3.50. The topological polar surface area (TPSA) is 80.9 Å². The second kappa shape index (κ2) is 3.33. The Bertz CT molecular complexity index is 306. The highest BCUT2D eigenvalue weighted by atomic mass is 16.4. The quantitative estimate of drug-likeness (QED) is 0.450. The summed E-state index contributed by atoms with van der Waals surface area (Å²) in [4.78, 5) is 0. The molecule has 1 aromatic carbocycles. The Kier molecular flexibility index (Phi) is 2.28. The molecule has 0 fully saturated rings. The highest BCUT2D eigenvalue weighted by molar-refractivity contribution is 5.35. The lowest BCUT2D eigenvalue weighted by Gasteiger charge is -2.34. The summed E-state index contributed by atoms with van der Waals surface area (Å²) in [6.07, 6.45) is -4.94. The summed E-state index contributed by atoms with van der Waals surface area (Å²) < 4.78 is 0. The first-order valence-electron chi connectivity index (χ1n) is 4.44. The van der Waals surface area contributed by atoms with E-state index < -0.39 is 24.4 Å². The highest BCUT2D eigenvalue weighted by Gasteiger charge is 2.39. The third-order valence-electron chi connectivity index (χ3n) is 2.63. The van der Waals surface area contributed by atoms with Gasteiger partial charge in [-0.3, -0.25) is 0 Å². The van der Waals surface area contributed by atoms with Crippen LogP contribution in [-0.4, -0.2) is 32.6 Å². The molecular weight excluding hydrogens is 184 g/mol. The van der Waals surface area contributed by atoms with Crippen LogP contribution in [0.5, 0.6) is 0 Å². The van der Waals surface area contributed by atoms with Crippen molar-refractivity contribution in [2.75, 3.05) is 0 Å². The van der Waals surface area contributed by atoms with Gasteiger partial charge in [0, 0.05) is 0 Å². The zero-order valence-corrected chi connectivity index (χ0v) is 7.41. The zero-order chi connectivity index (χ0) is 10.3. The van der Waals surface area contributed by atoms with E-state index in [1.54, 1.807) is 24.3 Å². The third-order valence-corrected chi connectivity index (χ3v) is 2.63. The lowest BCUT2D eigenvalue weighted by molar-refractivity contribution is -0.120. The maximum atomic E-state index is 9.60. The Hall–Kier alpha value is -0.940. The van der Waals surface area contributed by atoms with Gasteiger partial charge in [0.2, 0.25) is 0 Å². The predicted octanol–water partition coefficient (Wildman–Crippen LogP) is -0.511. The summed E-state index contributed by atoms with van der Waals surface area (Å²) in [6.45, 7) is 0. The number of aliphatic hydroxyl groups excluding tert-OH is 4. The van der Waals surface area contributed by atoms with Gasteiger partial charge >= 0.3 is 0 Å². The van der Waals surface area contributed by atoms with Crippen LogP contribution in [0, 0.1) is 0 Å². The number of aliphatic hydroxyl groups is 4. The molecule has 0 heterocycles. The molecular formula is C10H12O4. The Morgan fingerprint density at radius 3 is 1.43 bits per heavy atom. The molecule has 0 aromatic heterocycles. The molecule has 4 unspecified atom stereocenters. The van der Waals surface area contributed by atoms with Crippen molar-refractivity contribution in [3.63, 3.8) is 0 Å². The Morgan fingerprint density at radius 2 is 1.07 bits per heavy atom. The van der Waals surface area contributed by atoms with E-state index in [-0.39, 0.29) is 0 Å². The minimum Gasteiger partial charge on any atom is -0.387 e. The maximum absolute atomic E-state index is 9.60. The van der Waals surface area contributed by atoms with Crippen LogP contribution >= 0.6 is 0 Å². The van der Waals surface area contributed by atoms with Crippen LogP contribution in [0.4, 0.5) is 0 Å². The molecule has 0 spiro atoms. The van der Waals surface area contributed by atoms with Crippen molar-refractivity contribution >= 4 is 0 Å². The lowest BCUT2D eigenvalue weighted by atomic mass is 9.83. The van der Waals surface area contributed by atoms with Gasteiger partial charge in [-0.15, -0.1) is 0 Å².